The van der Waals surface area contributed by atoms with Crippen LogP contribution in [0.4, 0.5) is 0 Å². The number of carbonyl (C=O) groups excluding carboxylic acids is 1. The van der Waals surface area contributed by atoms with Gasteiger partial charge in [0.15, 0.2) is 11.6 Å². The molecule has 3 nitrogen and oxygen atoms in total. The van der Waals surface area contributed by atoms with E-state index in [1.807, 2.05) is 6.08 Å². The molecule has 2 aliphatic heterocycles. The molecule has 2 saturated heterocycles. The normalized spacial score (nSPS) is 58.4. The first-order valence-corrected chi connectivity index (χ1v) is 12.7. The molecule has 0 amide bonds. The number of hydrogen-bond donors (Lipinski definition) is 0. The van der Waals surface area contributed by atoms with Gasteiger partial charge in [-0.05, 0) is 98.9 Å². The first kappa shape index (κ1) is 20.0. The van der Waals surface area contributed by atoms with Gasteiger partial charge in [0.2, 0.25) is 0 Å². The molecule has 3 heteroatoms. The predicted octanol–water partition coefficient (Wildman–Crippen LogP) is 5.92. The number of fused-ring (bicyclic) bond motifs is 7. The Kier molecular flexibility index (Phi) is 4.00. The molecular weight excluding hydrogens is 372 g/mol. The number of hydrogen-bond acceptors (Lipinski definition) is 3. The minimum Gasteiger partial charge on any atom is -0.346 e. The third-order valence-electron chi connectivity index (χ3n) is 11.2. The molecule has 4 aliphatic carbocycles. The van der Waals surface area contributed by atoms with E-state index in [1.165, 1.54) is 32.1 Å². The summed E-state index contributed by atoms with van der Waals surface area (Å²) in [7, 11) is 0. The van der Waals surface area contributed by atoms with Crippen molar-refractivity contribution in [2.75, 3.05) is 0 Å². The van der Waals surface area contributed by atoms with Gasteiger partial charge in [-0.15, -0.1) is 0 Å². The largest absolute Gasteiger partial charge is 0.346 e. The molecule has 1 spiro atoms. The zero-order chi connectivity index (χ0) is 21.1. The van der Waals surface area contributed by atoms with Crippen molar-refractivity contribution in [2.24, 2.45) is 46.3 Å². The summed E-state index contributed by atoms with van der Waals surface area (Å²) >= 11 is 0. The molecule has 166 valence electrons. The Balaban J connectivity index is 1.30. The number of ketones is 1. The van der Waals surface area contributed by atoms with E-state index in [-0.39, 0.29) is 16.8 Å². The Morgan fingerprint density at radius 2 is 1.80 bits per heavy atom. The molecule has 0 radical (unpaired) electrons. The molecule has 0 aromatic carbocycles. The highest BCUT2D eigenvalue weighted by Crippen LogP contribution is 2.71. The molecule has 0 aromatic heterocycles. The monoisotopic (exact) mass is 412 g/mol. The SMILES string of the molecule is C[C@H]1[C@H]2[C@H](C[C@H]3[C@@H]4CC[C@@H]5CC(=O)C=C[C@]5(C)[C@H]4CC[C@]23C)O[C@]12CCC(C)(C)O2. The van der Waals surface area contributed by atoms with E-state index in [0.29, 0.717) is 35.1 Å². The topological polar surface area (TPSA) is 35.5 Å². The van der Waals surface area contributed by atoms with Crippen LogP contribution in [0.25, 0.3) is 0 Å². The van der Waals surface area contributed by atoms with Crippen LogP contribution in [0.5, 0.6) is 0 Å². The lowest BCUT2D eigenvalue weighted by Crippen LogP contribution is -2.53. The Hall–Kier alpha value is -0.670. The molecular formula is C27H40O3. The van der Waals surface area contributed by atoms with E-state index in [0.717, 1.165) is 37.0 Å². The van der Waals surface area contributed by atoms with E-state index < -0.39 is 0 Å². The fraction of sp³-hybridized carbons (Fsp3) is 0.889. The number of allylic oxidation sites excluding steroid dienone is 2. The van der Waals surface area contributed by atoms with Crippen molar-refractivity contribution in [1.29, 1.82) is 0 Å². The average molecular weight is 413 g/mol. The highest BCUT2D eigenvalue weighted by atomic mass is 16.7. The maximum absolute atomic E-state index is 12.1. The van der Waals surface area contributed by atoms with E-state index in [9.17, 15) is 4.79 Å². The van der Waals surface area contributed by atoms with Gasteiger partial charge in [0, 0.05) is 18.8 Å². The summed E-state index contributed by atoms with van der Waals surface area (Å²) in [6.45, 7) is 12.0. The van der Waals surface area contributed by atoms with E-state index in [1.54, 1.807) is 0 Å². The molecule has 0 bridgehead atoms. The molecule has 6 rings (SSSR count). The van der Waals surface area contributed by atoms with Crippen molar-refractivity contribution >= 4 is 5.78 Å². The van der Waals surface area contributed by atoms with Crippen molar-refractivity contribution in [3.63, 3.8) is 0 Å². The number of carbonyl (C=O) groups is 1. The predicted molar refractivity (Wildman–Crippen MR) is 117 cm³/mol. The lowest BCUT2D eigenvalue weighted by molar-refractivity contribution is -0.254. The fourth-order valence-corrected chi connectivity index (χ4v) is 9.76. The lowest BCUT2D eigenvalue weighted by Gasteiger charge is -2.59. The van der Waals surface area contributed by atoms with Crippen molar-refractivity contribution in [3.8, 4) is 0 Å². The van der Waals surface area contributed by atoms with Crippen LogP contribution < -0.4 is 0 Å². The zero-order valence-electron chi connectivity index (χ0n) is 19.6. The van der Waals surface area contributed by atoms with Crippen LogP contribution in [0, 0.1) is 46.3 Å². The summed E-state index contributed by atoms with van der Waals surface area (Å²) < 4.78 is 13.5. The van der Waals surface area contributed by atoms with Crippen molar-refractivity contribution in [2.45, 2.75) is 103 Å². The summed E-state index contributed by atoms with van der Waals surface area (Å²) in [6.07, 6.45) is 13.9. The van der Waals surface area contributed by atoms with Crippen LogP contribution in [0.2, 0.25) is 0 Å². The summed E-state index contributed by atoms with van der Waals surface area (Å²) in [4.78, 5) is 12.1. The van der Waals surface area contributed by atoms with Gasteiger partial charge in [-0.1, -0.05) is 26.8 Å². The average Bonchev–Trinajstić information content (AvgIpc) is 3.25. The Labute approximate surface area is 182 Å². The van der Waals surface area contributed by atoms with E-state index in [4.69, 9.17) is 9.47 Å². The lowest BCUT2D eigenvalue weighted by atomic mass is 9.45. The number of ether oxygens (including phenoxy) is 2. The second-order valence-corrected chi connectivity index (χ2v) is 12.9. The van der Waals surface area contributed by atoms with Crippen molar-refractivity contribution in [1.82, 2.24) is 0 Å². The van der Waals surface area contributed by atoms with Gasteiger partial charge in [-0.25, -0.2) is 0 Å². The molecule has 5 fully saturated rings. The first-order valence-electron chi connectivity index (χ1n) is 12.7. The molecule has 0 unspecified atom stereocenters. The van der Waals surface area contributed by atoms with Crippen molar-refractivity contribution in [3.05, 3.63) is 12.2 Å². The zero-order valence-corrected chi connectivity index (χ0v) is 19.6. The van der Waals surface area contributed by atoms with Crippen LogP contribution in [0.3, 0.4) is 0 Å². The van der Waals surface area contributed by atoms with Crippen LogP contribution in [0.1, 0.15) is 86.0 Å². The third-order valence-corrected chi connectivity index (χ3v) is 11.2. The van der Waals surface area contributed by atoms with Gasteiger partial charge >= 0.3 is 0 Å². The Morgan fingerprint density at radius 1 is 1.00 bits per heavy atom. The van der Waals surface area contributed by atoms with Crippen LogP contribution >= 0.6 is 0 Å². The van der Waals surface area contributed by atoms with Crippen LogP contribution in [-0.2, 0) is 14.3 Å². The fourth-order valence-electron chi connectivity index (χ4n) is 9.76. The van der Waals surface area contributed by atoms with Gasteiger partial charge in [0.05, 0.1) is 11.7 Å². The van der Waals surface area contributed by atoms with E-state index in [2.05, 4.69) is 40.7 Å². The number of rotatable bonds is 0. The highest BCUT2D eigenvalue weighted by Gasteiger charge is 2.70. The molecule has 0 aromatic rings. The summed E-state index contributed by atoms with van der Waals surface area (Å²) in [5.74, 6) is 3.99. The maximum atomic E-state index is 12.1. The molecule has 6 aliphatic rings. The molecule has 10 atom stereocenters. The van der Waals surface area contributed by atoms with Gasteiger partial charge in [-0.2, -0.15) is 0 Å². The molecule has 0 N–H and O–H groups in total. The van der Waals surface area contributed by atoms with Gasteiger partial charge in [-0.3, -0.25) is 4.79 Å². The standard InChI is InChI=1S/C27H40O3/c1-16-23-22(29-27(16)13-12-24(2,3)30-27)15-21-19-7-6-17-14-18(28)8-10-25(17,4)20(19)9-11-26(21,23)5/h8,10,16-17,19-23H,6-7,9,11-15H2,1-5H3/t16-,17+,19+,20-,21-,22-,23-,25-,26-,27-/m0/s1. The van der Waals surface area contributed by atoms with Gasteiger partial charge < -0.3 is 9.47 Å². The van der Waals surface area contributed by atoms with E-state index >= 15 is 0 Å². The Bertz CT molecular complexity index is 800. The maximum Gasteiger partial charge on any atom is 0.172 e. The second kappa shape index (κ2) is 6.01. The first-order chi connectivity index (χ1) is 14.1. The minimum absolute atomic E-state index is 0.0530. The Morgan fingerprint density at radius 3 is 2.53 bits per heavy atom. The molecule has 30 heavy (non-hydrogen) atoms. The third kappa shape index (κ3) is 2.43. The summed E-state index contributed by atoms with van der Waals surface area (Å²) in [5, 5.41) is 0. The summed E-state index contributed by atoms with van der Waals surface area (Å²) in [5.41, 5.74) is 0.549. The quantitative estimate of drug-likeness (QED) is 0.495. The summed E-state index contributed by atoms with van der Waals surface area (Å²) in [6, 6.07) is 0. The minimum atomic E-state index is -0.334. The van der Waals surface area contributed by atoms with Crippen molar-refractivity contribution < 1.29 is 14.3 Å². The van der Waals surface area contributed by atoms with Crippen LogP contribution in [-0.4, -0.2) is 23.3 Å². The highest BCUT2D eigenvalue weighted by molar-refractivity contribution is 5.91. The van der Waals surface area contributed by atoms with Gasteiger partial charge in [0.1, 0.15) is 0 Å². The van der Waals surface area contributed by atoms with Crippen LogP contribution in [0.15, 0.2) is 12.2 Å². The van der Waals surface area contributed by atoms with Gasteiger partial charge in [0.25, 0.3) is 0 Å². The smallest absolute Gasteiger partial charge is 0.172 e. The molecule has 2 heterocycles. The second-order valence-electron chi connectivity index (χ2n) is 12.9. The molecule has 3 saturated carbocycles.